The van der Waals surface area contributed by atoms with Crippen molar-refractivity contribution in [3.63, 3.8) is 0 Å². The summed E-state index contributed by atoms with van der Waals surface area (Å²) in [4.78, 5) is -0.303. The zero-order chi connectivity index (χ0) is 8.43. The van der Waals surface area contributed by atoms with E-state index in [0.717, 1.165) is 0 Å². The topological polar surface area (TPSA) is 80.9 Å². The van der Waals surface area contributed by atoms with Crippen LogP contribution in [0.4, 0.5) is 0 Å². The second-order valence-corrected chi connectivity index (χ2v) is 5.15. The molecule has 4 nitrogen and oxygen atoms in total. The summed E-state index contributed by atoms with van der Waals surface area (Å²) in [5.74, 6) is 0. The van der Waals surface area contributed by atoms with Crippen molar-refractivity contribution in [1.29, 1.82) is 0 Å². The van der Waals surface area contributed by atoms with E-state index in [9.17, 15) is 5.11 Å². The molecule has 4 atom stereocenters. The van der Waals surface area contributed by atoms with E-state index in [-0.39, 0.29) is 26.4 Å². The molecule has 1 rings (SSSR count). The first-order valence-electron chi connectivity index (χ1n) is 3.43. The number of aliphatic hydroxyl groups excluding tert-OH is 4. The molecule has 1 saturated heterocycles. The molecule has 5 heteroatoms. The van der Waals surface area contributed by atoms with Gasteiger partial charge in [0, 0.05) is 0 Å². The summed E-state index contributed by atoms with van der Waals surface area (Å²) in [7, 11) is 0. The molecule has 11 heavy (non-hydrogen) atoms. The van der Waals surface area contributed by atoms with E-state index in [0.29, 0.717) is 5.32 Å². The van der Waals surface area contributed by atoms with E-state index in [1.165, 1.54) is 0 Å². The van der Waals surface area contributed by atoms with Crippen molar-refractivity contribution in [3.8, 4) is 0 Å². The molecule has 0 aromatic carbocycles. The van der Waals surface area contributed by atoms with Crippen LogP contribution in [0, 0.1) is 0 Å². The fourth-order valence-electron chi connectivity index (χ4n) is 1.07. The van der Waals surface area contributed by atoms with Crippen molar-refractivity contribution in [2.24, 2.45) is 0 Å². The third kappa shape index (κ3) is 1.93. The fourth-order valence-corrected chi connectivity index (χ4v) is 3.80. The van der Waals surface area contributed by atoms with Crippen LogP contribution in [-0.4, -0.2) is 60.3 Å². The van der Waals surface area contributed by atoms with Gasteiger partial charge >= 0.3 is 70.4 Å². The molecule has 0 unspecified atom stereocenters. The molecule has 0 saturated carbocycles. The van der Waals surface area contributed by atoms with Crippen LogP contribution >= 0.6 is 0 Å². The molecule has 0 aromatic heterocycles. The van der Waals surface area contributed by atoms with Gasteiger partial charge in [-0.25, -0.2) is 0 Å². The van der Waals surface area contributed by atoms with Gasteiger partial charge in [0.2, 0.25) is 0 Å². The number of aliphatic hydroxyl groups is 4. The molecule has 4 N–H and O–H groups in total. The number of hydrogen-bond acceptors (Lipinski definition) is 4. The van der Waals surface area contributed by atoms with Crippen LogP contribution in [0.15, 0.2) is 0 Å². The molecule has 1 aliphatic heterocycles. The molecular formula is C6H12O4Se. The Balaban J connectivity index is 2.47. The Morgan fingerprint density at radius 3 is 2.45 bits per heavy atom. The predicted octanol–water partition coefficient (Wildman–Crippen LogP) is -2.01. The second kappa shape index (κ2) is 3.85. The first kappa shape index (κ1) is 9.45. The summed E-state index contributed by atoms with van der Waals surface area (Å²) in [5, 5.41) is 36.6. The van der Waals surface area contributed by atoms with Gasteiger partial charge in [0.05, 0.1) is 0 Å². The van der Waals surface area contributed by atoms with Crippen LogP contribution < -0.4 is 0 Å². The Hall–Kier alpha value is 0.359. The van der Waals surface area contributed by atoms with E-state index in [2.05, 4.69) is 0 Å². The quantitative estimate of drug-likeness (QED) is 0.411. The normalized spacial score (nSPS) is 40.9. The molecule has 0 spiro atoms. The summed E-state index contributed by atoms with van der Waals surface area (Å²) in [6, 6.07) is 0. The van der Waals surface area contributed by atoms with Crippen molar-refractivity contribution >= 4 is 15.0 Å². The summed E-state index contributed by atoms with van der Waals surface area (Å²) in [5.41, 5.74) is 0. The fraction of sp³-hybridized carbons (Fsp3) is 1.00. The van der Waals surface area contributed by atoms with Gasteiger partial charge in [0.25, 0.3) is 0 Å². The minimum absolute atomic E-state index is 0.0426. The molecule has 0 aromatic rings. The van der Waals surface area contributed by atoms with Crippen LogP contribution in [0.25, 0.3) is 0 Å². The molecule has 66 valence electrons. The van der Waals surface area contributed by atoms with Crippen molar-refractivity contribution < 1.29 is 20.4 Å². The van der Waals surface area contributed by atoms with Gasteiger partial charge in [-0.15, -0.1) is 0 Å². The summed E-state index contributed by atoms with van der Waals surface area (Å²) >= 11 is 0.0426. The summed E-state index contributed by atoms with van der Waals surface area (Å²) < 4.78 is 0. The van der Waals surface area contributed by atoms with E-state index in [1.54, 1.807) is 0 Å². The van der Waals surface area contributed by atoms with Gasteiger partial charge in [-0.3, -0.25) is 0 Å². The second-order valence-electron chi connectivity index (χ2n) is 2.61. The van der Waals surface area contributed by atoms with Crippen molar-refractivity contribution in [3.05, 3.63) is 0 Å². The molecule has 1 heterocycles. The Morgan fingerprint density at radius 1 is 1.45 bits per heavy atom. The van der Waals surface area contributed by atoms with Crippen LogP contribution in [0.5, 0.6) is 0 Å². The maximum atomic E-state index is 9.25. The van der Waals surface area contributed by atoms with Crippen molar-refractivity contribution in [1.82, 2.24) is 0 Å². The molecule has 1 fully saturated rings. The monoisotopic (exact) mass is 228 g/mol. The molecule has 1 aliphatic rings. The molecule has 0 amide bonds. The van der Waals surface area contributed by atoms with Crippen LogP contribution in [0.2, 0.25) is 10.1 Å². The van der Waals surface area contributed by atoms with Crippen LogP contribution in [-0.2, 0) is 0 Å². The molecule has 0 bridgehead atoms. The molecular weight excluding hydrogens is 215 g/mol. The van der Waals surface area contributed by atoms with Crippen LogP contribution in [0.3, 0.4) is 0 Å². The average Bonchev–Trinajstić information content (AvgIpc) is 2.32. The van der Waals surface area contributed by atoms with Gasteiger partial charge < -0.3 is 0 Å². The zero-order valence-corrected chi connectivity index (χ0v) is 7.63. The zero-order valence-electron chi connectivity index (χ0n) is 5.92. The van der Waals surface area contributed by atoms with Gasteiger partial charge in [0.15, 0.2) is 0 Å². The minimum atomic E-state index is -0.873. The summed E-state index contributed by atoms with van der Waals surface area (Å²) in [6.07, 6.45) is -2.43. The van der Waals surface area contributed by atoms with Gasteiger partial charge in [-0.1, -0.05) is 0 Å². The third-order valence-corrected chi connectivity index (χ3v) is 4.93. The Kier molecular flexibility index (Phi) is 3.30. The summed E-state index contributed by atoms with van der Waals surface area (Å²) in [6.45, 7) is -0.337. The van der Waals surface area contributed by atoms with E-state index >= 15 is 0 Å². The number of rotatable bonds is 2. The Labute approximate surface area is 71.0 Å². The van der Waals surface area contributed by atoms with E-state index in [1.807, 2.05) is 0 Å². The van der Waals surface area contributed by atoms with E-state index in [4.69, 9.17) is 15.3 Å². The maximum absolute atomic E-state index is 9.25. The first-order chi connectivity index (χ1) is 5.16. The van der Waals surface area contributed by atoms with Gasteiger partial charge in [-0.2, -0.15) is 0 Å². The van der Waals surface area contributed by atoms with Crippen LogP contribution in [0.1, 0.15) is 0 Å². The third-order valence-electron chi connectivity index (χ3n) is 1.76. The molecule has 0 aliphatic carbocycles. The Morgan fingerprint density at radius 2 is 2.09 bits per heavy atom. The standard InChI is InChI=1S/C6H12O4Se/c7-1-3(8)6-5(10)4(9)2-11-6/h3-10H,1-2H2/t3-,4+,5-,6+/m0/s1. The number of hydrogen-bond donors (Lipinski definition) is 4. The average molecular weight is 227 g/mol. The van der Waals surface area contributed by atoms with Gasteiger partial charge in [-0.05, 0) is 0 Å². The Bertz CT molecular complexity index is 132. The first-order valence-corrected chi connectivity index (χ1v) is 5.63. The molecule has 0 radical (unpaired) electrons. The van der Waals surface area contributed by atoms with Gasteiger partial charge in [0.1, 0.15) is 0 Å². The van der Waals surface area contributed by atoms with E-state index < -0.39 is 18.3 Å². The predicted molar refractivity (Wildman–Crippen MR) is 39.4 cm³/mol. The van der Waals surface area contributed by atoms with Crippen molar-refractivity contribution in [2.45, 2.75) is 28.4 Å². The SMILES string of the molecule is OC[C@H](O)[C@H]1[Se]C[C@@H](O)[C@@H]1O. The van der Waals surface area contributed by atoms with Crippen molar-refractivity contribution in [2.75, 3.05) is 6.61 Å².